The minimum Gasteiger partial charge on any atom is -0.469 e. The van der Waals surface area contributed by atoms with Crippen molar-refractivity contribution in [2.45, 2.75) is 63.8 Å². The Morgan fingerprint density at radius 2 is 1.98 bits per heavy atom. The Kier molecular flexibility index (Phi) is 8.56. The van der Waals surface area contributed by atoms with Gasteiger partial charge in [0.15, 0.2) is 11.4 Å². The van der Waals surface area contributed by atoms with Crippen molar-refractivity contribution >= 4 is 46.3 Å². The Balaban J connectivity index is 1.22. The Morgan fingerprint density at radius 1 is 1.20 bits per heavy atom. The number of hydrogen-bond donors (Lipinski definition) is 1. The van der Waals surface area contributed by atoms with Crippen molar-refractivity contribution in [3.8, 4) is 0 Å². The number of fused-ring (bicyclic) bond motifs is 1. The first-order valence-corrected chi connectivity index (χ1v) is 13.8. The second-order valence-corrected chi connectivity index (χ2v) is 10.9. The van der Waals surface area contributed by atoms with Crippen LogP contribution in [0.4, 0.5) is 20.5 Å². The van der Waals surface area contributed by atoms with E-state index >= 15 is 4.39 Å². The summed E-state index contributed by atoms with van der Waals surface area (Å²) in [6, 6.07) is 8.13. The van der Waals surface area contributed by atoms with E-state index < -0.39 is 18.0 Å². The maximum atomic E-state index is 15.4. The number of ether oxygens (including phenoxy) is 2. The Hall–Kier alpha value is -3.24. The van der Waals surface area contributed by atoms with E-state index in [0.29, 0.717) is 41.9 Å². The molecule has 214 valence electrons. The number of benzene rings is 2. The van der Waals surface area contributed by atoms with Crippen molar-refractivity contribution in [2.24, 2.45) is 5.92 Å². The standard InChI is InChI=1S/C29H32ClF2N3O5/c1-16-4-3-5-22(30)26(16)34-29-33-23-11-8-18(25(32)27(23)40-29)12-24(36)35-14-19(31)13-20(35)15-39-21-9-6-17(7-10-21)28(37)38-2/h3-5,8,11,17,19-21H,6-7,9-10,12-15H2,1-2H3,(H,33,34)/t17?,19-,20-,21?/m0/s1. The summed E-state index contributed by atoms with van der Waals surface area (Å²) in [5, 5.41) is 3.47. The number of aromatic nitrogens is 1. The molecule has 1 N–H and O–H groups in total. The van der Waals surface area contributed by atoms with Gasteiger partial charge in [-0.3, -0.25) is 9.59 Å². The van der Waals surface area contributed by atoms with Crippen molar-refractivity contribution in [1.82, 2.24) is 9.88 Å². The molecule has 2 atom stereocenters. The molecule has 5 rings (SSSR count). The first kappa shape index (κ1) is 28.3. The number of anilines is 2. The van der Waals surface area contributed by atoms with Gasteiger partial charge in [-0.25, -0.2) is 8.78 Å². The minimum atomic E-state index is -1.17. The van der Waals surface area contributed by atoms with Gasteiger partial charge in [0.05, 0.1) is 55.5 Å². The highest BCUT2D eigenvalue weighted by molar-refractivity contribution is 6.33. The molecule has 0 bridgehead atoms. The van der Waals surface area contributed by atoms with E-state index in [-0.39, 0.29) is 67.1 Å². The molecule has 3 aromatic rings. The largest absolute Gasteiger partial charge is 0.469 e. The number of methoxy groups -OCH3 is 1. The Bertz CT molecular complexity index is 1370. The number of esters is 1. The average Bonchev–Trinajstić information content (AvgIpc) is 3.54. The molecule has 0 unspecified atom stereocenters. The van der Waals surface area contributed by atoms with E-state index in [1.165, 1.54) is 18.1 Å². The van der Waals surface area contributed by atoms with Crippen LogP contribution in [0.5, 0.6) is 0 Å². The van der Waals surface area contributed by atoms with Crippen LogP contribution in [0, 0.1) is 18.7 Å². The molecule has 2 aromatic carbocycles. The van der Waals surface area contributed by atoms with Gasteiger partial charge in [-0.15, -0.1) is 0 Å². The summed E-state index contributed by atoms with van der Waals surface area (Å²) in [5.74, 6) is -1.39. The van der Waals surface area contributed by atoms with Crippen molar-refractivity contribution in [2.75, 3.05) is 25.6 Å². The number of halogens is 3. The number of aryl methyl sites for hydroxylation is 1. The number of nitrogens with one attached hydrogen (secondary N) is 1. The molecular formula is C29H32ClF2N3O5. The Labute approximate surface area is 236 Å². The van der Waals surface area contributed by atoms with Gasteiger partial charge in [-0.2, -0.15) is 4.98 Å². The fourth-order valence-electron chi connectivity index (χ4n) is 5.55. The van der Waals surface area contributed by atoms with Crippen molar-refractivity contribution < 1.29 is 32.3 Å². The van der Waals surface area contributed by atoms with Crippen LogP contribution in [-0.2, 0) is 25.5 Å². The summed E-state index contributed by atoms with van der Waals surface area (Å²) in [7, 11) is 1.39. The highest BCUT2D eigenvalue weighted by atomic mass is 35.5. The van der Waals surface area contributed by atoms with Gasteiger partial charge in [0, 0.05) is 12.0 Å². The van der Waals surface area contributed by atoms with Crippen LogP contribution >= 0.6 is 11.6 Å². The number of carbonyl (C=O) groups is 2. The molecule has 2 aliphatic rings. The van der Waals surface area contributed by atoms with Gasteiger partial charge in [-0.05, 0) is 50.3 Å². The third kappa shape index (κ3) is 6.07. The lowest BCUT2D eigenvalue weighted by atomic mass is 9.87. The maximum absolute atomic E-state index is 15.4. The number of hydrogen-bond acceptors (Lipinski definition) is 7. The summed E-state index contributed by atoms with van der Waals surface area (Å²) in [6.07, 6.45) is 1.45. The lowest BCUT2D eigenvalue weighted by Gasteiger charge is -2.30. The number of alkyl halides is 1. The highest BCUT2D eigenvalue weighted by Crippen LogP contribution is 2.32. The molecule has 0 spiro atoms. The zero-order valence-electron chi connectivity index (χ0n) is 22.4. The van der Waals surface area contributed by atoms with Gasteiger partial charge in [0.1, 0.15) is 11.7 Å². The smallest absolute Gasteiger partial charge is 0.308 e. The molecule has 11 heteroatoms. The SMILES string of the molecule is COC(=O)C1CCC(OC[C@@H]2C[C@H](F)CN2C(=O)Cc2ccc3nc(Nc4c(C)cccc4Cl)oc3c2F)CC1. The topological polar surface area (TPSA) is 93.9 Å². The lowest BCUT2D eigenvalue weighted by Crippen LogP contribution is -2.40. The normalized spacial score (nSPS) is 23.0. The third-order valence-electron chi connectivity index (χ3n) is 7.79. The fourth-order valence-corrected chi connectivity index (χ4v) is 5.82. The van der Waals surface area contributed by atoms with E-state index in [0.717, 1.165) is 5.56 Å². The predicted octanol–water partition coefficient (Wildman–Crippen LogP) is 5.90. The van der Waals surface area contributed by atoms with Crippen LogP contribution in [0.1, 0.15) is 43.2 Å². The monoisotopic (exact) mass is 575 g/mol. The van der Waals surface area contributed by atoms with Crippen LogP contribution in [0.15, 0.2) is 34.7 Å². The molecule has 1 amide bonds. The molecule has 40 heavy (non-hydrogen) atoms. The van der Waals surface area contributed by atoms with Gasteiger partial charge in [0.25, 0.3) is 6.01 Å². The number of carbonyl (C=O) groups excluding carboxylic acids is 2. The summed E-state index contributed by atoms with van der Waals surface area (Å²) >= 11 is 6.26. The van der Waals surface area contributed by atoms with Gasteiger partial charge < -0.3 is 24.1 Å². The molecule has 1 saturated heterocycles. The number of nitrogens with zero attached hydrogens (tertiary/aromatic N) is 2. The van der Waals surface area contributed by atoms with Crippen LogP contribution in [-0.4, -0.2) is 60.3 Å². The van der Waals surface area contributed by atoms with E-state index in [1.54, 1.807) is 12.1 Å². The molecule has 2 heterocycles. The lowest BCUT2D eigenvalue weighted by molar-refractivity contribution is -0.148. The third-order valence-corrected chi connectivity index (χ3v) is 8.10. The number of para-hydroxylation sites is 1. The Morgan fingerprint density at radius 3 is 2.70 bits per heavy atom. The van der Waals surface area contributed by atoms with E-state index in [4.69, 9.17) is 25.5 Å². The van der Waals surface area contributed by atoms with Crippen molar-refractivity contribution in [1.29, 1.82) is 0 Å². The zero-order valence-corrected chi connectivity index (χ0v) is 23.2. The molecular weight excluding hydrogens is 544 g/mol. The molecule has 1 aromatic heterocycles. The van der Waals surface area contributed by atoms with Crippen molar-refractivity contribution in [3.05, 3.63) is 52.3 Å². The predicted molar refractivity (Wildman–Crippen MR) is 146 cm³/mol. The minimum absolute atomic E-state index is 0.0554. The van der Waals surface area contributed by atoms with Crippen LogP contribution in [0.2, 0.25) is 5.02 Å². The molecule has 1 aliphatic carbocycles. The second kappa shape index (κ2) is 12.1. The first-order chi connectivity index (χ1) is 19.2. The number of likely N-dealkylation sites (tertiary alicyclic amines) is 1. The summed E-state index contributed by atoms with van der Waals surface area (Å²) in [6.45, 7) is 2.01. The van der Waals surface area contributed by atoms with Crippen LogP contribution in [0.25, 0.3) is 11.1 Å². The maximum Gasteiger partial charge on any atom is 0.308 e. The molecule has 1 saturated carbocycles. The highest BCUT2D eigenvalue weighted by Gasteiger charge is 2.37. The van der Waals surface area contributed by atoms with Crippen molar-refractivity contribution in [3.63, 3.8) is 0 Å². The molecule has 1 aliphatic heterocycles. The summed E-state index contributed by atoms with van der Waals surface area (Å²) in [4.78, 5) is 30.7. The van der Waals surface area contributed by atoms with E-state index in [9.17, 15) is 14.0 Å². The first-order valence-electron chi connectivity index (χ1n) is 13.5. The molecule has 8 nitrogen and oxygen atoms in total. The number of rotatable bonds is 8. The number of oxazole rings is 1. The average molecular weight is 576 g/mol. The molecule has 2 fully saturated rings. The van der Waals surface area contributed by atoms with Gasteiger partial charge in [-0.1, -0.05) is 29.8 Å². The quantitative estimate of drug-likeness (QED) is 0.334. The van der Waals surface area contributed by atoms with E-state index in [1.807, 2.05) is 19.1 Å². The number of amides is 1. The summed E-state index contributed by atoms with van der Waals surface area (Å²) in [5.41, 5.74) is 1.82. The second-order valence-electron chi connectivity index (χ2n) is 10.5. The van der Waals surface area contributed by atoms with Crippen LogP contribution < -0.4 is 5.32 Å². The summed E-state index contributed by atoms with van der Waals surface area (Å²) < 4.78 is 46.3. The van der Waals surface area contributed by atoms with Crippen LogP contribution in [0.3, 0.4) is 0 Å². The van der Waals surface area contributed by atoms with Gasteiger partial charge in [0.2, 0.25) is 5.91 Å². The zero-order chi connectivity index (χ0) is 28.4. The van der Waals surface area contributed by atoms with Gasteiger partial charge >= 0.3 is 5.97 Å². The van der Waals surface area contributed by atoms with E-state index in [2.05, 4.69) is 10.3 Å². The fraction of sp³-hybridized carbons (Fsp3) is 0.483. The molecule has 0 radical (unpaired) electrons.